The number of hydrazine groups is 1. The second-order valence-corrected chi connectivity index (χ2v) is 5.28. The normalized spacial score (nSPS) is 29.6. The van der Waals surface area contributed by atoms with Crippen molar-refractivity contribution in [3.63, 3.8) is 0 Å². The molecule has 0 spiro atoms. The van der Waals surface area contributed by atoms with Crippen molar-refractivity contribution < 1.29 is 75.0 Å². The third kappa shape index (κ3) is 4.77. The van der Waals surface area contributed by atoms with Crippen LogP contribution < -0.4 is 10.6 Å². The predicted molar refractivity (Wildman–Crippen MR) is 71.6 cm³/mol. The Kier molecular flexibility index (Phi) is 10.6. The topological polar surface area (TPSA) is 64.7 Å². The smallest absolute Gasteiger partial charge is 0.252 e. The van der Waals surface area contributed by atoms with Gasteiger partial charge in [-0.3, -0.25) is 14.6 Å². The van der Waals surface area contributed by atoms with Gasteiger partial charge in [0.1, 0.15) is 6.04 Å². The zero-order valence-electron chi connectivity index (χ0n) is 13.0. The number of amides is 2. The monoisotopic (exact) mass is 445 g/mol. The summed E-state index contributed by atoms with van der Waals surface area (Å²) in [6.45, 7) is 4.92. The molecule has 114 valence electrons. The fourth-order valence-corrected chi connectivity index (χ4v) is 2.94. The van der Waals surface area contributed by atoms with E-state index in [-0.39, 0.29) is 95.2 Å². The fraction of sp³-hybridized carbons (Fsp3) is 0.769. The molecule has 2 rings (SSSR count). The molecule has 0 bridgehead atoms. The fourth-order valence-electron chi connectivity index (χ4n) is 2.94. The summed E-state index contributed by atoms with van der Waals surface area (Å²) in [6, 6.07) is -0.616. The van der Waals surface area contributed by atoms with Crippen LogP contribution in [-0.2, 0) is 75.0 Å². The van der Waals surface area contributed by atoms with Crippen LogP contribution in [0.4, 0.5) is 0 Å². The van der Waals surface area contributed by atoms with Crippen molar-refractivity contribution in [1.82, 2.24) is 20.7 Å². The first-order valence-electron chi connectivity index (χ1n) is 6.92. The van der Waals surface area contributed by atoms with Gasteiger partial charge in [0, 0.05) is 72.5 Å². The zero-order valence-corrected chi connectivity index (χ0v) is 18.7. The number of likely N-dealkylation sites (N-methyl/N-ethyl adjacent to an activating group) is 2. The van der Waals surface area contributed by atoms with Crippen molar-refractivity contribution in [2.45, 2.75) is 38.3 Å². The largest absolute Gasteiger partial charge is 0.366 e. The molecule has 3 atom stereocenters. The van der Waals surface area contributed by atoms with Crippen LogP contribution in [0.15, 0.2) is 0 Å². The maximum atomic E-state index is 12.7. The minimum Gasteiger partial charge on any atom is -0.366 e. The van der Waals surface area contributed by atoms with Crippen molar-refractivity contribution in [2.24, 2.45) is 5.92 Å². The molecular formula is C13H23N4O2Y2-. The maximum absolute atomic E-state index is 12.7. The molecule has 0 aromatic carbocycles. The summed E-state index contributed by atoms with van der Waals surface area (Å²) in [5, 5.41) is 9.32. The molecule has 2 heterocycles. The Morgan fingerprint density at radius 3 is 2.57 bits per heavy atom. The number of nitrogens with zero attached hydrogens (tertiary/aromatic N) is 2. The molecule has 2 radical (unpaired) electrons. The van der Waals surface area contributed by atoms with E-state index in [2.05, 4.69) is 24.1 Å². The van der Waals surface area contributed by atoms with Crippen LogP contribution in [0.5, 0.6) is 0 Å². The van der Waals surface area contributed by atoms with E-state index >= 15 is 0 Å². The Labute approximate surface area is 177 Å². The van der Waals surface area contributed by atoms with Crippen molar-refractivity contribution in [2.75, 3.05) is 20.6 Å². The number of hydrogen-bond donors (Lipinski definition) is 2. The third-order valence-corrected chi connectivity index (χ3v) is 4.05. The molecule has 8 heteroatoms. The summed E-state index contributed by atoms with van der Waals surface area (Å²) in [5.74, 6) is 0.140. The number of carbonyl (C=O) groups excluding carboxylic acids is 2. The van der Waals surface area contributed by atoms with E-state index in [0.717, 1.165) is 25.8 Å². The van der Waals surface area contributed by atoms with Gasteiger partial charge in [-0.25, -0.2) is 6.54 Å². The molecule has 3 unspecified atom stereocenters. The third-order valence-electron chi connectivity index (χ3n) is 4.05. The van der Waals surface area contributed by atoms with Gasteiger partial charge in [-0.2, -0.15) is 6.42 Å². The van der Waals surface area contributed by atoms with E-state index in [1.54, 1.807) is 19.1 Å². The summed E-state index contributed by atoms with van der Waals surface area (Å²) in [7, 11) is 3.42. The van der Waals surface area contributed by atoms with E-state index in [9.17, 15) is 9.59 Å². The van der Waals surface area contributed by atoms with E-state index in [1.807, 2.05) is 5.01 Å². The molecule has 2 aliphatic rings. The van der Waals surface area contributed by atoms with Gasteiger partial charge in [-0.05, 0) is 32.4 Å². The Bertz CT molecular complexity index is 370. The van der Waals surface area contributed by atoms with Crippen LogP contribution in [0.3, 0.4) is 0 Å². The summed E-state index contributed by atoms with van der Waals surface area (Å²) in [6.07, 6.45) is 2.49. The van der Waals surface area contributed by atoms with E-state index in [1.165, 1.54) is 0 Å². The van der Waals surface area contributed by atoms with E-state index in [4.69, 9.17) is 0 Å². The van der Waals surface area contributed by atoms with Crippen molar-refractivity contribution in [3.05, 3.63) is 6.54 Å². The van der Waals surface area contributed by atoms with Crippen LogP contribution in [0, 0.1) is 12.5 Å². The molecule has 6 nitrogen and oxygen atoms in total. The average Bonchev–Trinajstić information content (AvgIpc) is 2.55. The standard InChI is InChI=1S/C13H23N4O2.2Y/c1-9-6-8-16-7-4-5-10(12(18)15-3)17(16)13(19)11(9)14-2;;/h8-11,14H,4-7H2,1-3H3,(H,15,18);;/q-1;;. The van der Waals surface area contributed by atoms with Gasteiger partial charge in [0.05, 0.1) is 6.04 Å². The Morgan fingerprint density at radius 2 is 2.00 bits per heavy atom. The summed E-state index contributed by atoms with van der Waals surface area (Å²) in [4.78, 5) is 24.7. The summed E-state index contributed by atoms with van der Waals surface area (Å²) in [5.41, 5.74) is 0. The number of hydrogen-bond acceptors (Lipinski definition) is 4. The Hall–Kier alpha value is 1.07. The molecule has 0 aromatic heterocycles. The van der Waals surface area contributed by atoms with Gasteiger partial charge < -0.3 is 15.6 Å². The zero-order chi connectivity index (χ0) is 14.0. The van der Waals surface area contributed by atoms with Crippen LogP contribution in [0.2, 0.25) is 0 Å². The molecule has 21 heavy (non-hydrogen) atoms. The van der Waals surface area contributed by atoms with Crippen LogP contribution in [-0.4, -0.2) is 54.6 Å². The second kappa shape index (κ2) is 10.0. The molecule has 0 saturated carbocycles. The van der Waals surface area contributed by atoms with Crippen LogP contribution in [0.25, 0.3) is 0 Å². The van der Waals surface area contributed by atoms with Crippen LogP contribution in [0.1, 0.15) is 26.2 Å². The van der Waals surface area contributed by atoms with Crippen molar-refractivity contribution >= 4 is 11.8 Å². The minimum absolute atomic E-state index is 0. The number of rotatable bonds is 2. The van der Waals surface area contributed by atoms with Crippen molar-refractivity contribution in [3.8, 4) is 0 Å². The van der Waals surface area contributed by atoms with Gasteiger partial charge in [-0.1, -0.05) is 6.92 Å². The molecule has 2 amide bonds. The number of nitrogens with one attached hydrogen (secondary N) is 2. The molecule has 2 N–H and O–H groups in total. The van der Waals surface area contributed by atoms with Gasteiger partial charge in [0.25, 0.3) is 5.91 Å². The quantitative estimate of drug-likeness (QED) is 0.575. The Morgan fingerprint density at radius 1 is 1.33 bits per heavy atom. The molecule has 0 aromatic rings. The van der Waals surface area contributed by atoms with E-state index < -0.39 is 0 Å². The number of fused-ring (bicyclic) bond motifs is 1. The summed E-state index contributed by atoms with van der Waals surface area (Å²) < 4.78 is 0. The van der Waals surface area contributed by atoms with Gasteiger partial charge in [0.2, 0.25) is 5.91 Å². The average molecular weight is 445 g/mol. The first kappa shape index (κ1) is 22.1. The molecule has 2 aliphatic heterocycles. The molecule has 0 aliphatic carbocycles. The van der Waals surface area contributed by atoms with Crippen molar-refractivity contribution in [1.29, 1.82) is 0 Å². The van der Waals surface area contributed by atoms with Gasteiger partial charge >= 0.3 is 0 Å². The Balaban J connectivity index is 0.00000200. The minimum atomic E-state index is -0.386. The molecular weight excluding hydrogens is 422 g/mol. The first-order chi connectivity index (χ1) is 9.10. The first-order valence-corrected chi connectivity index (χ1v) is 6.92. The molecule has 2 saturated heterocycles. The number of carbonyl (C=O) groups is 2. The van der Waals surface area contributed by atoms with Crippen LogP contribution >= 0.6 is 0 Å². The van der Waals surface area contributed by atoms with Gasteiger partial charge in [-0.15, -0.1) is 0 Å². The maximum Gasteiger partial charge on any atom is 0.252 e. The predicted octanol–water partition coefficient (Wildman–Crippen LogP) is -0.275. The van der Waals surface area contributed by atoms with Gasteiger partial charge in [0.15, 0.2) is 0 Å². The second-order valence-electron chi connectivity index (χ2n) is 5.28. The van der Waals surface area contributed by atoms with E-state index in [0.29, 0.717) is 0 Å². The molecule has 2 fully saturated rings. The SMILES string of the molecule is CNC(=O)C1CCCN2[CH-]CC(C)C(NC)C(=O)N12.[Y].[Y]. The summed E-state index contributed by atoms with van der Waals surface area (Å²) >= 11 is 0.